The van der Waals surface area contributed by atoms with E-state index in [1.54, 1.807) is 22.6 Å². The smallest absolute Gasteiger partial charge is 0.253 e. The quantitative estimate of drug-likeness (QED) is 0.507. The van der Waals surface area contributed by atoms with E-state index in [1.807, 2.05) is 42.3 Å². The predicted octanol–water partition coefficient (Wildman–Crippen LogP) is 1.37. The van der Waals surface area contributed by atoms with Crippen molar-refractivity contribution in [2.24, 2.45) is 7.05 Å². The van der Waals surface area contributed by atoms with Gasteiger partial charge in [-0.15, -0.1) is 15.3 Å². The van der Waals surface area contributed by atoms with E-state index in [1.165, 1.54) is 0 Å². The lowest BCUT2D eigenvalue weighted by molar-refractivity contribution is 0.0767. The van der Waals surface area contributed by atoms with Gasteiger partial charge in [0.25, 0.3) is 5.91 Å². The highest BCUT2D eigenvalue weighted by Crippen LogP contribution is 2.26. The Labute approximate surface area is 172 Å². The molecule has 10 heteroatoms. The topological polar surface area (TPSA) is 93.7 Å². The van der Waals surface area contributed by atoms with Gasteiger partial charge in [-0.1, -0.05) is 0 Å². The molecule has 0 N–H and O–H groups in total. The fourth-order valence-electron chi connectivity index (χ4n) is 3.97. The number of rotatable bonds is 3. The van der Waals surface area contributed by atoms with Crippen LogP contribution in [0.15, 0.2) is 36.7 Å². The van der Waals surface area contributed by atoms with Gasteiger partial charge in [0.2, 0.25) is 5.88 Å². The second kappa shape index (κ2) is 7.29. The zero-order chi connectivity index (χ0) is 20.7. The average molecular weight is 406 g/mol. The first-order valence-electron chi connectivity index (χ1n) is 9.86. The number of amides is 1. The number of hydrogen-bond acceptors (Lipinski definition) is 7. The molecular weight excluding hydrogens is 384 g/mol. The largest absolute Gasteiger partial charge is 0.481 e. The molecule has 0 spiro atoms. The number of aryl methyl sites for hydroxylation is 1. The van der Waals surface area contributed by atoms with Crippen LogP contribution in [0, 0.1) is 0 Å². The maximum absolute atomic E-state index is 13.1. The number of aromatic nitrogens is 6. The SMILES string of the molecule is COc1c2ccc(C(=O)N3CCCN(c4ccc5nncn5n4)CC3)cc2nn1C. The Hall–Kier alpha value is -3.69. The van der Waals surface area contributed by atoms with Crippen LogP contribution in [0.25, 0.3) is 16.6 Å². The molecule has 154 valence electrons. The van der Waals surface area contributed by atoms with Gasteiger partial charge in [-0.3, -0.25) is 4.79 Å². The molecule has 1 fully saturated rings. The molecule has 0 bridgehead atoms. The average Bonchev–Trinajstić information content (AvgIpc) is 3.26. The number of methoxy groups -OCH3 is 1. The number of carbonyl (C=O) groups excluding carboxylic acids is 1. The van der Waals surface area contributed by atoms with Gasteiger partial charge in [0.1, 0.15) is 12.1 Å². The van der Waals surface area contributed by atoms with Crippen molar-refractivity contribution in [1.29, 1.82) is 0 Å². The number of hydrogen-bond donors (Lipinski definition) is 0. The van der Waals surface area contributed by atoms with Crippen LogP contribution in [-0.2, 0) is 7.05 Å². The van der Waals surface area contributed by atoms with Crippen molar-refractivity contribution in [3.63, 3.8) is 0 Å². The number of ether oxygens (including phenoxy) is 1. The van der Waals surface area contributed by atoms with Crippen LogP contribution >= 0.6 is 0 Å². The van der Waals surface area contributed by atoms with Crippen molar-refractivity contribution in [3.8, 4) is 5.88 Å². The Morgan fingerprint density at radius 3 is 2.83 bits per heavy atom. The summed E-state index contributed by atoms with van der Waals surface area (Å²) in [4.78, 5) is 17.2. The molecule has 3 aromatic heterocycles. The van der Waals surface area contributed by atoms with E-state index in [2.05, 4.69) is 25.3 Å². The standard InChI is InChI=1S/C20H22N8O2/c1-25-20(30-2)15-5-4-14(12-16(15)23-25)19(29)27-9-3-8-26(10-11-27)18-7-6-17-22-21-13-28(17)24-18/h4-7,12-13H,3,8-11H2,1-2H3. The fourth-order valence-corrected chi connectivity index (χ4v) is 3.97. The van der Waals surface area contributed by atoms with Crippen LogP contribution < -0.4 is 9.64 Å². The van der Waals surface area contributed by atoms with Gasteiger partial charge >= 0.3 is 0 Å². The van der Waals surface area contributed by atoms with Gasteiger partial charge < -0.3 is 14.5 Å². The monoisotopic (exact) mass is 406 g/mol. The van der Waals surface area contributed by atoms with Crippen molar-refractivity contribution < 1.29 is 9.53 Å². The highest BCUT2D eigenvalue weighted by atomic mass is 16.5. The molecule has 0 radical (unpaired) electrons. The first-order valence-corrected chi connectivity index (χ1v) is 9.86. The summed E-state index contributed by atoms with van der Waals surface area (Å²) in [6, 6.07) is 9.43. The molecule has 4 aromatic rings. The highest BCUT2D eigenvalue weighted by molar-refractivity contribution is 5.98. The number of anilines is 1. The number of nitrogens with zero attached hydrogens (tertiary/aromatic N) is 8. The normalized spacial score (nSPS) is 15.0. The maximum atomic E-state index is 13.1. The zero-order valence-electron chi connectivity index (χ0n) is 16.9. The van der Waals surface area contributed by atoms with Gasteiger partial charge in [0.15, 0.2) is 5.65 Å². The van der Waals surface area contributed by atoms with Gasteiger partial charge in [0.05, 0.1) is 18.0 Å². The maximum Gasteiger partial charge on any atom is 0.253 e. The highest BCUT2D eigenvalue weighted by Gasteiger charge is 2.22. The molecular formula is C20H22N8O2. The summed E-state index contributed by atoms with van der Waals surface area (Å²) in [5, 5.41) is 17.8. The van der Waals surface area contributed by atoms with Gasteiger partial charge in [0, 0.05) is 38.8 Å². The summed E-state index contributed by atoms with van der Waals surface area (Å²) in [5.41, 5.74) is 2.11. The van der Waals surface area contributed by atoms with E-state index >= 15 is 0 Å². The molecule has 1 amide bonds. The van der Waals surface area contributed by atoms with Crippen molar-refractivity contribution >= 4 is 28.3 Å². The Balaban J connectivity index is 1.33. The number of fused-ring (bicyclic) bond motifs is 2. The van der Waals surface area contributed by atoms with Gasteiger partial charge in [-0.2, -0.15) is 9.61 Å². The summed E-state index contributed by atoms with van der Waals surface area (Å²) < 4.78 is 8.74. The Bertz CT molecular complexity index is 1230. The summed E-state index contributed by atoms with van der Waals surface area (Å²) in [6.45, 7) is 2.88. The van der Waals surface area contributed by atoms with E-state index in [4.69, 9.17) is 4.74 Å². The minimum Gasteiger partial charge on any atom is -0.481 e. The molecule has 10 nitrogen and oxygen atoms in total. The van der Waals surface area contributed by atoms with Crippen LogP contribution in [0.2, 0.25) is 0 Å². The number of carbonyl (C=O) groups is 1. The summed E-state index contributed by atoms with van der Waals surface area (Å²) in [7, 11) is 3.45. The second-order valence-electron chi connectivity index (χ2n) is 7.32. The van der Waals surface area contributed by atoms with E-state index < -0.39 is 0 Å². The molecule has 0 atom stereocenters. The molecule has 0 aliphatic carbocycles. The van der Waals surface area contributed by atoms with E-state index in [-0.39, 0.29) is 5.91 Å². The van der Waals surface area contributed by atoms with Crippen molar-refractivity contribution in [1.82, 2.24) is 34.5 Å². The lowest BCUT2D eigenvalue weighted by Gasteiger charge is -2.22. The minimum atomic E-state index is 0.0191. The van der Waals surface area contributed by atoms with Crippen molar-refractivity contribution in [2.45, 2.75) is 6.42 Å². The van der Waals surface area contributed by atoms with Crippen LogP contribution in [0.3, 0.4) is 0 Å². The Kier molecular flexibility index (Phi) is 4.46. The van der Waals surface area contributed by atoms with E-state index in [0.29, 0.717) is 36.7 Å². The lowest BCUT2D eigenvalue weighted by Crippen LogP contribution is -2.35. The molecule has 30 heavy (non-hydrogen) atoms. The van der Waals surface area contributed by atoms with Crippen LogP contribution in [-0.4, -0.2) is 73.7 Å². The fraction of sp³-hybridized carbons (Fsp3) is 0.350. The predicted molar refractivity (Wildman–Crippen MR) is 111 cm³/mol. The molecule has 1 saturated heterocycles. The lowest BCUT2D eigenvalue weighted by atomic mass is 10.1. The van der Waals surface area contributed by atoms with Gasteiger partial charge in [-0.05, 0) is 36.8 Å². The van der Waals surface area contributed by atoms with E-state index in [9.17, 15) is 4.79 Å². The third-order valence-electron chi connectivity index (χ3n) is 5.47. The first kappa shape index (κ1) is 18.3. The summed E-state index contributed by atoms with van der Waals surface area (Å²) in [6.07, 6.45) is 2.46. The minimum absolute atomic E-state index is 0.0191. The van der Waals surface area contributed by atoms with E-state index in [0.717, 1.165) is 29.7 Å². The molecule has 1 aromatic carbocycles. The van der Waals surface area contributed by atoms with Crippen molar-refractivity contribution in [3.05, 3.63) is 42.2 Å². The first-order chi connectivity index (χ1) is 14.6. The zero-order valence-corrected chi connectivity index (χ0v) is 16.9. The van der Waals surface area contributed by atoms with Crippen LogP contribution in [0.5, 0.6) is 5.88 Å². The summed E-state index contributed by atoms with van der Waals surface area (Å²) in [5.74, 6) is 1.57. The molecule has 4 heterocycles. The Morgan fingerprint density at radius 2 is 1.97 bits per heavy atom. The second-order valence-corrected chi connectivity index (χ2v) is 7.32. The van der Waals surface area contributed by atoms with Crippen molar-refractivity contribution in [2.75, 3.05) is 38.2 Å². The van der Waals surface area contributed by atoms with Crippen LogP contribution in [0.1, 0.15) is 16.8 Å². The molecule has 0 saturated carbocycles. The molecule has 0 unspecified atom stereocenters. The van der Waals surface area contributed by atoms with Gasteiger partial charge in [-0.25, -0.2) is 4.68 Å². The molecule has 1 aliphatic rings. The molecule has 5 rings (SSSR count). The Morgan fingerprint density at radius 1 is 1.07 bits per heavy atom. The summed E-state index contributed by atoms with van der Waals surface area (Å²) >= 11 is 0. The third-order valence-corrected chi connectivity index (χ3v) is 5.47. The molecule has 1 aliphatic heterocycles. The third kappa shape index (κ3) is 3.10. The number of benzene rings is 1. The van der Waals surface area contributed by atoms with Crippen LogP contribution in [0.4, 0.5) is 5.82 Å².